The number of hydrogen-bond donors (Lipinski definition) is 1. The van der Waals surface area contributed by atoms with Crippen molar-refractivity contribution in [2.24, 2.45) is 0 Å². The zero-order chi connectivity index (χ0) is 12.5. The lowest BCUT2D eigenvalue weighted by Gasteiger charge is -2.35. The van der Waals surface area contributed by atoms with Crippen LogP contribution in [0.2, 0.25) is 0 Å². The van der Waals surface area contributed by atoms with E-state index >= 15 is 0 Å². The predicted molar refractivity (Wildman–Crippen MR) is 53.4 cm³/mol. The van der Waals surface area contributed by atoms with Crippen LogP contribution in [-0.2, 0) is 9.53 Å². The van der Waals surface area contributed by atoms with Crippen molar-refractivity contribution in [2.75, 3.05) is 26.2 Å². The van der Waals surface area contributed by atoms with Gasteiger partial charge in [0.25, 0.3) is 0 Å². The van der Waals surface area contributed by atoms with Crippen molar-refractivity contribution in [2.45, 2.75) is 31.2 Å². The van der Waals surface area contributed by atoms with Gasteiger partial charge in [-0.15, -0.1) is 0 Å². The summed E-state index contributed by atoms with van der Waals surface area (Å²) >= 11 is 0. The summed E-state index contributed by atoms with van der Waals surface area (Å²) in [7, 11) is 0. The van der Waals surface area contributed by atoms with Crippen molar-refractivity contribution in [1.29, 1.82) is 0 Å². The standard InChI is InChI=1S/C10H15F3N2O2/c11-10(12,13)9(16)14-4-8-5-15-3-1-2-7(15)6-17-8/h7-8H,1-6H2,(H,14,16). The van der Waals surface area contributed by atoms with E-state index in [1.165, 1.54) is 0 Å². The van der Waals surface area contributed by atoms with Gasteiger partial charge in [-0.2, -0.15) is 13.2 Å². The fourth-order valence-corrected chi connectivity index (χ4v) is 2.32. The number of carbonyl (C=O) groups is 1. The molecule has 0 aromatic carbocycles. The van der Waals surface area contributed by atoms with E-state index in [4.69, 9.17) is 4.74 Å². The van der Waals surface area contributed by atoms with Gasteiger partial charge >= 0.3 is 12.1 Å². The number of halogens is 3. The fourth-order valence-electron chi connectivity index (χ4n) is 2.32. The smallest absolute Gasteiger partial charge is 0.373 e. The Labute approximate surface area is 97.1 Å². The third-order valence-corrected chi connectivity index (χ3v) is 3.21. The average Bonchev–Trinajstić information content (AvgIpc) is 2.71. The summed E-state index contributed by atoms with van der Waals surface area (Å²) in [5.41, 5.74) is 0. The second-order valence-electron chi connectivity index (χ2n) is 4.45. The number of morpholine rings is 1. The summed E-state index contributed by atoms with van der Waals surface area (Å²) in [6.07, 6.45) is -2.96. The molecule has 4 nitrogen and oxygen atoms in total. The Morgan fingerprint density at radius 2 is 2.24 bits per heavy atom. The lowest BCUT2D eigenvalue weighted by Crippen LogP contribution is -2.51. The third-order valence-electron chi connectivity index (χ3n) is 3.21. The number of nitrogens with zero attached hydrogens (tertiary/aromatic N) is 1. The van der Waals surface area contributed by atoms with Crippen molar-refractivity contribution in [3.63, 3.8) is 0 Å². The van der Waals surface area contributed by atoms with Gasteiger partial charge in [-0.25, -0.2) is 0 Å². The highest BCUT2D eigenvalue weighted by atomic mass is 19.4. The predicted octanol–water partition coefficient (Wildman–Crippen LogP) is 0.528. The van der Waals surface area contributed by atoms with Gasteiger partial charge in [-0.05, 0) is 19.4 Å². The zero-order valence-electron chi connectivity index (χ0n) is 9.29. The molecule has 0 spiro atoms. The van der Waals surface area contributed by atoms with Crippen LogP contribution in [0.3, 0.4) is 0 Å². The molecule has 0 bridgehead atoms. The van der Waals surface area contributed by atoms with Crippen molar-refractivity contribution in [3.05, 3.63) is 0 Å². The van der Waals surface area contributed by atoms with Gasteiger partial charge in [0.2, 0.25) is 0 Å². The number of rotatable bonds is 2. The number of hydrogen-bond acceptors (Lipinski definition) is 3. The van der Waals surface area contributed by atoms with Gasteiger partial charge in [0, 0.05) is 19.1 Å². The Morgan fingerprint density at radius 1 is 1.47 bits per heavy atom. The zero-order valence-corrected chi connectivity index (χ0v) is 9.29. The molecular weight excluding hydrogens is 237 g/mol. The molecule has 2 saturated heterocycles. The molecule has 2 fully saturated rings. The normalized spacial score (nSPS) is 30.1. The van der Waals surface area contributed by atoms with E-state index in [-0.39, 0.29) is 12.6 Å². The summed E-state index contributed by atoms with van der Waals surface area (Å²) in [6.45, 7) is 2.04. The lowest BCUT2D eigenvalue weighted by atomic mass is 10.2. The molecule has 2 atom stereocenters. The topological polar surface area (TPSA) is 41.6 Å². The van der Waals surface area contributed by atoms with E-state index in [9.17, 15) is 18.0 Å². The number of nitrogens with one attached hydrogen (secondary N) is 1. The van der Waals surface area contributed by atoms with Crippen LogP contribution in [-0.4, -0.2) is 55.4 Å². The van der Waals surface area contributed by atoms with E-state index < -0.39 is 12.1 Å². The van der Waals surface area contributed by atoms with Crippen molar-refractivity contribution < 1.29 is 22.7 Å². The molecule has 2 aliphatic rings. The summed E-state index contributed by atoms with van der Waals surface area (Å²) in [4.78, 5) is 12.8. The van der Waals surface area contributed by atoms with Crippen LogP contribution >= 0.6 is 0 Å². The monoisotopic (exact) mass is 252 g/mol. The Bertz CT molecular complexity index is 296. The van der Waals surface area contributed by atoms with Crippen molar-refractivity contribution >= 4 is 5.91 Å². The lowest BCUT2D eigenvalue weighted by molar-refractivity contribution is -0.174. The third kappa shape index (κ3) is 3.10. The van der Waals surface area contributed by atoms with E-state index in [1.54, 1.807) is 0 Å². The van der Waals surface area contributed by atoms with Crippen LogP contribution in [0.1, 0.15) is 12.8 Å². The Balaban J connectivity index is 1.75. The Kier molecular flexibility index (Phi) is 3.58. The molecule has 0 saturated carbocycles. The van der Waals surface area contributed by atoms with E-state index in [0.29, 0.717) is 19.2 Å². The van der Waals surface area contributed by atoms with Crippen LogP contribution in [0, 0.1) is 0 Å². The van der Waals surface area contributed by atoms with Crippen LogP contribution in [0.15, 0.2) is 0 Å². The first-order chi connectivity index (χ1) is 7.97. The summed E-state index contributed by atoms with van der Waals surface area (Å²) < 4.78 is 41.3. The minimum atomic E-state index is -4.81. The van der Waals surface area contributed by atoms with Crippen LogP contribution < -0.4 is 5.32 Å². The SMILES string of the molecule is O=C(NCC1CN2CCCC2CO1)C(F)(F)F. The van der Waals surface area contributed by atoms with Gasteiger partial charge < -0.3 is 10.1 Å². The van der Waals surface area contributed by atoms with Gasteiger partial charge in [0.05, 0.1) is 12.7 Å². The van der Waals surface area contributed by atoms with Crippen LogP contribution in [0.5, 0.6) is 0 Å². The molecule has 98 valence electrons. The molecule has 0 radical (unpaired) electrons. The van der Waals surface area contributed by atoms with E-state index in [0.717, 1.165) is 19.4 Å². The fraction of sp³-hybridized carbons (Fsp3) is 0.900. The first kappa shape index (κ1) is 12.6. The van der Waals surface area contributed by atoms with Gasteiger partial charge in [-0.1, -0.05) is 0 Å². The van der Waals surface area contributed by atoms with Crippen LogP contribution in [0.4, 0.5) is 13.2 Å². The Hall–Kier alpha value is -0.820. The van der Waals surface area contributed by atoms with E-state index in [2.05, 4.69) is 4.90 Å². The maximum Gasteiger partial charge on any atom is 0.471 e. The van der Waals surface area contributed by atoms with Crippen molar-refractivity contribution in [1.82, 2.24) is 10.2 Å². The largest absolute Gasteiger partial charge is 0.471 e. The highest BCUT2D eigenvalue weighted by molar-refractivity contribution is 5.81. The number of ether oxygens (including phenoxy) is 1. The first-order valence-corrected chi connectivity index (χ1v) is 5.67. The van der Waals surface area contributed by atoms with Gasteiger partial charge in [0.15, 0.2) is 0 Å². The molecule has 2 unspecified atom stereocenters. The Morgan fingerprint density at radius 3 is 2.94 bits per heavy atom. The molecule has 2 rings (SSSR count). The van der Waals surface area contributed by atoms with Crippen LogP contribution in [0.25, 0.3) is 0 Å². The molecule has 1 amide bonds. The number of amides is 1. The molecule has 7 heteroatoms. The first-order valence-electron chi connectivity index (χ1n) is 5.67. The van der Waals surface area contributed by atoms with Gasteiger partial charge in [0.1, 0.15) is 0 Å². The second-order valence-corrected chi connectivity index (χ2v) is 4.45. The highest BCUT2D eigenvalue weighted by Gasteiger charge is 2.39. The molecule has 2 aliphatic heterocycles. The highest BCUT2D eigenvalue weighted by Crippen LogP contribution is 2.22. The summed E-state index contributed by atoms with van der Waals surface area (Å²) in [5, 5.41) is 1.86. The molecular formula is C10H15F3N2O2. The molecule has 0 aromatic heterocycles. The number of alkyl halides is 3. The number of carbonyl (C=O) groups excluding carboxylic acids is 1. The summed E-state index contributed by atoms with van der Waals surface area (Å²) in [6, 6.07) is 0.407. The second kappa shape index (κ2) is 4.81. The van der Waals surface area contributed by atoms with Gasteiger partial charge in [-0.3, -0.25) is 9.69 Å². The van der Waals surface area contributed by atoms with Crippen molar-refractivity contribution in [3.8, 4) is 0 Å². The molecule has 0 aromatic rings. The minimum absolute atomic E-state index is 0.0818. The molecule has 2 heterocycles. The molecule has 1 N–H and O–H groups in total. The minimum Gasteiger partial charge on any atom is -0.373 e. The number of fused-ring (bicyclic) bond motifs is 1. The molecule has 0 aliphatic carbocycles. The molecule has 17 heavy (non-hydrogen) atoms. The summed E-state index contributed by atoms with van der Waals surface area (Å²) in [5.74, 6) is -1.90. The average molecular weight is 252 g/mol. The maximum absolute atomic E-state index is 12.0. The quantitative estimate of drug-likeness (QED) is 0.779. The van der Waals surface area contributed by atoms with E-state index in [1.807, 2.05) is 5.32 Å². The maximum atomic E-state index is 12.0.